The van der Waals surface area contributed by atoms with Crippen molar-refractivity contribution in [3.8, 4) is 0 Å². The fraction of sp³-hybridized carbons (Fsp3) is 0.615. The fourth-order valence-electron chi connectivity index (χ4n) is 0.514. The molecule has 0 aliphatic carbocycles. The molecule has 5 nitrogen and oxygen atoms in total. The molecule has 0 bridgehead atoms. The summed E-state index contributed by atoms with van der Waals surface area (Å²) in [7, 11) is 0. The largest absolute Gasteiger partial charge is 0 e. The Morgan fingerprint density at radius 3 is 0.895 bits per heavy atom. The van der Waals surface area contributed by atoms with Gasteiger partial charge in [-0.05, 0) is 41.5 Å². The third-order valence-electron chi connectivity index (χ3n) is 0.990. The summed E-state index contributed by atoms with van der Waals surface area (Å²) in [5, 5.41) is 0. The summed E-state index contributed by atoms with van der Waals surface area (Å²) in [5.74, 6) is 0. The van der Waals surface area contributed by atoms with Crippen molar-refractivity contribution in [1.82, 2.24) is 0 Å². The first kappa shape index (κ1) is 30.8. The minimum absolute atomic E-state index is 0. The van der Waals surface area contributed by atoms with E-state index < -0.39 is 0 Å². The molecule has 0 heterocycles. The van der Waals surface area contributed by atoms with Gasteiger partial charge >= 0.3 is 33.9 Å². The molecule has 0 aromatic rings. The molecule has 0 aromatic carbocycles. The number of hydrogen-bond acceptors (Lipinski definition) is 2. The Balaban J connectivity index is -0.0000000816. The number of nitrogens with zero attached hydrogens (tertiary/aromatic N) is 2. The number of hydrogen-bond donors (Lipinski definition) is 0. The monoisotopic (exact) mass is 308 g/mol. The van der Waals surface area contributed by atoms with Crippen molar-refractivity contribution in [3.05, 3.63) is 20.0 Å². The maximum atomic E-state index is 7.50. The number of aliphatic imine (C=N–C) groups is 2. The van der Waals surface area contributed by atoms with Crippen molar-refractivity contribution >= 4 is 12.4 Å². The Morgan fingerprint density at radius 1 is 0.632 bits per heavy atom. The molecule has 0 aliphatic rings. The molecule has 0 atom stereocenters. The molecule has 0 unspecified atom stereocenters. The molecule has 0 rings (SSSR count). The van der Waals surface area contributed by atoms with Crippen molar-refractivity contribution in [2.24, 2.45) is 9.98 Å². The van der Waals surface area contributed by atoms with E-state index in [0.717, 1.165) is 0 Å². The van der Waals surface area contributed by atoms with Crippen LogP contribution in [0, 0.1) is 20.0 Å². The van der Waals surface area contributed by atoms with Crippen LogP contribution in [0.1, 0.15) is 41.5 Å². The SMILES string of the molecule is CC(C)(C)N=CC=NC(C)(C)C.[C-]#[O+].[C-]#[O+].[C-]#[O+].[Fe]. The molecular weight excluding hydrogens is 288 g/mol. The summed E-state index contributed by atoms with van der Waals surface area (Å²) in [5.41, 5.74) is 0.00775. The third kappa shape index (κ3) is 59.5. The van der Waals surface area contributed by atoms with Crippen LogP contribution in [0.3, 0.4) is 0 Å². The van der Waals surface area contributed by atoms with E-state index >= 15 is 0 Å². The zero-order valence-electron chi connectivity index (χ0n) is 12.1. The summed E-state index contributed by atoms with van der Waals surface area (Å²) < 4.78 is 22.5. The Labute approximate surface area is 126 Å². The zero-order chi connectivity index (χ0) is 15.8. The molecule has 0 saturated heterocycles. The standard InChI is InChI=1S/C10H20N2.3CO.Fe/c1-9(2,3)11-7-8-12-10(4,5)6;3*1-2;/h7-8H,1-6H3;;;;. The minimum Gasteiger partial charge on any atom is 0 e. The van der Waals surface area contributed by atoms with E-state index in [-0.39, 0.29) is 28.1 Å². The van der Waals surface area contributed by atoms with Crippen LogP contribution in [-0.2, 0) is 31.0 Å². The Morgan fingerprint density at radius 2 is 0.789 bits per heavy atom. The van der Waals surface area contributed by atoms with Gasteiger partial charge in [0.2, 0.25) is 0 Å². The second kappa shape index (κ2) is 19.4. The average Bonchev–Trinajstić information content (AvgIpc) is 2.30. The van der Waals surface area contributed by atoms with Gasteiger partial charge in [-0.3, -0.25) is 9.98 Å². The van der Waals surface area contributed by atoms with Gasteiger partial charge in [0.25, 0.3) is 0 Å². The van der Waals surface area contributed by atoms with Crippen LogP contribution in [0.5, 0.6) is 0 Å². The van der Waals surface area contributed by atoms with Gasteiger partial charge in [0.1, 0.15) is 0 Å². The van der Waals surface area contributed by atoms with Gasteiger partial charge < -0.3 is 0 Å². The quantitative estimate of drug-likeness (QED) is 0.309. The van der Waals surface area contributed by atoms with Gasteiger partial charge in [0, 0.05) is 29.5 Å². The third-order valence-corrected chi connectivity index (χ3v) is 0.990. The van der Waals surface area contributed by atoms with Crippen LogP contribution in [-0.4, -0.2) is 23.5 Å². The molecule has 0 aromatic heterocycles. The summed E-state index contributed by atoms with van der Waals surface area (Å²) in [4.78, 5) is 8.57. The first-order chi connectivity index (χ1) is 8.21. The second-order valence-corrected chi connectivity index (χ2v) is 4.90. The van der Waals surface area contributed by atoms with E-state index in [1.54, 1.807) is 12.4 Å². The van der Waals surface area contributed by atoms with Crippen molar-refractivity contribution in [2.75, 3.05) is 0 Å². The molecule has 0 spiro atoms. The van der Waals surface area contributed by atoms with E-state index in [0.29, 0.717) is 0 Å². The summed E-state index contributed by atoms with van der Waals surface area (Å²) in [6, 6.07) is 0. The maximum absolute atomic E-state index is 7.50. The Kier molecular flexibility index (Phi) is 31.5. The van der Waals surface area contributed by atoms with E-state index in [2.05, 4.69) is 71.5 Å². The molecule has 0 saturated carbocycles. The second-order valence-electron chi connectivity index (χ2n) is 4.90. The van der Waals surface area contributed by atoms with Crippen molar-refractivity contribution in [1.29, 1.82) is 0 Å². The van der Waals surface area contributed by atoms with Crippen LogP contribution in [0.2, 0.25) is 0 Å². The van der Waals surface area contributed by atoms with Gasteiger partial charge in [-0.1, -0.05) is 0 Å². The van der Waals surface area contributed by atoms with Gasteiger partial charge in [0.15, 0.2) is 0 Å². The summed E-state index contributed by atoms with van der Waals surface area (Å²) in [6.45, 7) is 25.9. The predicted molar refractivity (Wildman–Crippen MR) is 68.3 cm³/mol. The predicted octanol–water partition coefficient (Wildman–Crippen LogP) is 2.61. The minimum atomic E-state index is 0. The molecule has 19 heavy (non-hydrogen) atoms. The first-order valence-corrected chi connectivity index (χ1v) is 4.91. The molecule has 0 radical (unpaired) electrons. The van der Waals surface area contributed by atoms with Gasteiger partial charge in [-0.25, -0.2) is 0 Å². The Bertz CT molecular complexity index is 255. The number of rotatable bonds is 1. The van der Waals surface area contributed by atoms with Gasteiger partial charge in [0.05, 0.1) is 11.1 Å². The molecule has 0 fully saturated rings. The van der Waals surface area contributed by atoms with E-state index in [9.17, 15) is 0 Å². The van der Waals surface area contributed by atoms with Crippen LogP contribution in [0.25, 0.3) is 0 Å². The van der Waals surface area contributed by atoms with Crippen molar-refractivity contribution < 1.29 is 31.0 Å². The fourth-order valence-corrected chi connectivity index (χ4v) is 0.514. The van der Waals surface area contributed by atoms with E-state index in [1.807, 2.05) is 0 Å². The summed E-state index contributed by atoms with van der Waals surface area (Å²) >= 11 is 0. The smallest absolute Gasteiger partial charge is 0 e. The molecular formula is C13H20FeN2O3. The Hall–Kier alpha value is -0.921. The maximum Gasteiger partial charge on any atom is 0 e. The molecule has 108 valence electrons. The van der Waals surface area contributed by atoms with Crippen molar-refractivity contribution in [2.45, 2.75) is 52.6 Å². The molecule has 0 amide bonds. The van der Waals surface area contributed by atoms with Crippen LogP contribution < -0.4 is 0 Å². The topological polar surface area (TPSA) is 84.4 Å². The zero-order valence-corrected chi connectivity index (χ0v) is 13.2. The average molecular weight is 308 g/mol. The first-order valence-electron chi connectivity index (χ1n) is 4.91. The van der Waals surface area contributed by atoms with Crippen LogP contribution >= 0.6 is 0 Å². The van der Waals surface area contributed by atoms with Gasteiger partial charge in [-0.2, -0.15) is 0 Å². The van der Waals surface area contributed by atoms with Gasteiger partial charge in [-0.15, -0.1) is 0 Å². The molecule has 0 N–H and O–H groups in total. The molecule has 0 aliphatic heterocycles. The van der Waals surface area contributed by atoms with Crippen molar-refractivity contribution in [3.63, 3.8) is 0 Å². The van der Waals surface area contributed by atoms with Crippen LogP contribution in [0.4, 0.5) is 0 Å². The molecule has 6 heteroatoms. The van der Waals surface area contributed by atoms with Crippen LogP contribution in [0.15, 0.2) is 9.98 Å². The summed E-state index contributed by atoms with van der Waals surface area (Å²) in [6.07, 6.45) is 3.54. The van der Waals surface area contributed by atoms with E-state index in [1.165, 1.54) is 0 Å². The normalized spacial score (nSPS) is 9.68. The van der Waals surface area contributed by atoms with E-state index in [4.69, 9.17) is 14.0 Å².